The molecule has 8 heteroatoms. The number of pyridine rings is 1. The Labute approximate surface area is 276 Å². The first-order chi connectivity index (χ1) is 22.6. The third-order valence-corrected chi connectivity index (χ3v) is 7.66. The van der Waals surface area contributed by atoms with Gasteiger partial charge in [0.1, 0.15) is 29.3 Å². The molecule has 0 spiro atoms. The number of hydrogen-bond donors (Lipinski definition) is 0. The molecule has 47 heavy (non-hydrogen) atoms. The van der Waals surface area contributed by atoms with Gasteiger partial charge in [0.2, 0.25) is 6.10 Å². The second kappa shape index (κ2) is 14.6. The van der Waals surface area contributed by atoms with Gasteiger partial charge >= 0.3 is 11.9 Å². The van der Waals surface area contributed by atoms with E-state index in [0.717, 1.165) is 52.0 Å². The third-order valence-electron chi connectivity index (χ3n) is 7.66. The smallest absolute Gasteiger partial charge is 0.357 e. The van der Waals surface area contributed by atoms with Gasteiger partial charge in [-0.1, -0.05) is 93.1 Å². The molecule has 0 fully saturated rings. The lowest BCUT2D eigenvalue weighted by atomic mass is 10.0. The molecule has 0 bridgehead atoms. The van der Waals surface area contributed by atoms with Crippen molar-refractivity contribution in [3.63, 3.8) is 0 Å². The van der Waals surface area contributed by atoms with E-state index in [2.05, 4.69) is 24.5 Å². The highest BCUT2D eigenvalue weighted by Crippen LogP contribution is 2.31. The minimum absolute atomic E-state index is 0.172. The fraction of sp³-hybridized carbons (Fsp3) is 0.333. The van der Waals surface area contributed by atoms with Crippen LogP contribution in [0.3, 0.4) is 0 Å². The van der Waals surface area contributed by atoms with E-state index in [9.17, 15) is 9.59 Å². The lowest BCUT2D eigenvalue weighted by Crippen LogP contribution is -2.30. The van der Waals surface area contributed by atoms with E-state index >= 15 is 0 Å². The van der Waals surface area contributed by atoms with E-state index in [-0.39, 0.29) is 12.3 Å². The van der Waals surface area contributed by atoms with Gasteiger partial charge < -0.3 is 18.8 Å². The van der Waals surface area contributed by atoms with Gasteiger partial charge in [0, 0.05) is 12.0 Å². The molecule has 5 aromatic rings. The number of benzene rings is 3. The van der Waals surface area contributed by atoms with Crippen LogP contribution >= 0.6 is 0 Å². The maximum atomic E-state index is 13.3. The van der Waals surface area contributed by atoms with Gasteiger partial charge in [-0.05, 0) is 68.5 Å². The van der Waals surface area contributed by atoms with E-state index in [0.29, 0.717) is 24.4 Å². The van der Waals surface area contributed by atoms with Crippen molar-refractivity contribution in [1.82, 2.24) is 14.5 Å². The molecular formula is C39H43N3O5. The molecule has 0 aliphatic carbocycles. The van der Waals surface area contributed by atoms with Crippen LogP contribution in [0.5, 0.6) is 5.75 Å². The summed E-state index contributed by atoms with van der Waals surface area (Å²) in [6.45, 7) is 12.3. The van der Waals surface area contributed by atoms with E-state index in [1.807, 2.05) is 100 Å². The van der Waals surface area contributed by atoms with Crippen LogP contribution < -0.4 is 4.74 Å². The number of ether oxygens (including phenoxy) is 3. The minimum atomic E-state index is -0.909. The predicted molar refractivity (Wildman–Crippen MR) is 182 cm³/mol. The molecule has 0 saturated heterocycles. The highest BCUT2D eigenvalue weighted by atomic mass is 16.6. The molecule has 244 valence electrons. The largest absolute Gasteiger partial charge is 0.474 e. The molecule has 1 unspecified atom stereocenters. The fourth-order valence-electron chi connectivity index (χ4n) is 5.48. The fourth-order valence-corrected chi connectivity index (χ4v) is 5.48. The molecule has 8 nitrogen and oxygen atoms in total. The molecule has 2 aromatic heterocycles. The van der Waals surface area contributed by atoms with Crippen molar-refractivity contribution >= 4 is 23.1 Å². The van der Waals surface area contributed by atoms with Crippen molar-refractivity contribution in [1.29, 1.82) is 0 Å². The van der Waals surface area contributed by atoms with Gasteiger partial charge in [-0.3, -0.25) is 0 Å². The lowest BCUT2D eigenvalue weighted by molar-refractivity contribution is -0.163. The van der Waals surface area contributed by atoms with Gasteiger partial charge in [-0.25, -0.2) is 19.6 Å². The Hall–Kier alpha value is -4.98. The van der Waals surface area contributed by atoms with Crippen molar-refractivity contribution in [3.8, 4) is 5.75 Å². The Kier molecular flexibility index (Phi) is 10.4. The highest BCUT2D eigenvalue weighted by Gasteiger charge is 2.29. The van der Waals surface area contributed by atoms with Crippen LogP contribution in [0.2, 0.25) is 0 Å². The maximum absolute atomic E-state index is 13.3. The number of imidazole rings is 1. The molecule has 0 saturated carbocycles. The number of carbonyl (C=O) groups is 2. The number of carbonyl (C=O) groups excluding carboxylic acids is 2. The Morgan fingerprint density at radius 3 is 2.23 bits per heavy atom. The molecule has 0 aliphatic rings. The molecule has 5 rings (SSSR count). The predicted octanol–water partition coefficient (Wildman–Crippen LogP) is 8.12. The van der Waals surface area contributed by atoms with Crippen molar-refractivity contribution in [3.05, 3.63) is 124 Å². The normalized spacial score (nSPS) is 12.1. The van der Waals surface area contributed by atoms with Crippen LogP contribution in [0.4, 0.5) is 0 Å². The number of nitrogens with zero attached hydrogens (tertiary/aromatic N) is 3. The van der Waals surface area contributed by atoms with Crippen LogP contribution in [0.25, 0.3) is 11.2 Å². The molecular weight excluding hydrogens is 590 g/mol. The van der Waals surface area contributed by atoms with E-state index in [1.54, 1.807) is 6.07 Å². The molecule has 1 atom stereocenters. The average Bonchev–Trinajstić information content (AvgIpc) is 3.41. The molecule has 0 radical (unpaired) electrons. The summed E-state index contributed by atoms with van der Waals surface area (Å²) in [5.41, 5.74) is 5.51. The van der Waals surface area contributed by atoms with Gasteiger partial charge in [-0.15, -0.1) is 0 Å². The quantitative estimate of drug-likeness (QED) is 0.128. The zero-order valence-electron chi connectivity index (χ0n) is 28.1. The summed E-state index contributed by atoms with van der Waals surface area (Å²) in [5, 5.41) is 0. The minimum Gasteiger partial charge on any atom is -0.474 e. The van der Waals surface area contributed by atoms with Crippen LogP contribution in [0.15, 0.2) is 84.9 Å². The monoisotopic (exact) mass is 633 g/mol. The number of aromatic nitrogens is 3. The second-order valence-corrected chi connectivity index (χ2v) is 12.7. The van der Waals surface area contributed by atoms with Crippen LogP contribution in [0, 0.1) is 6.92 Å². The first-order valence-corrected chi connectivity index (χ1v) is 16.2. The zero-order valence-corrected chi connectivity index (χ0v) is 28.1. The van der Waals surface area contributed by atoms with E-state index in [1.165, 1.54) is 0 Å². The van der Waals surface area contributed by atoms with Crippen LogP contribution in [-0.4, -0.2) is 32.1 Å². The zero-order chi connectivity index (χ0) is 33.6. The van der Waals surface area contributed by atoms with Crippen molar-refractivity contribution < 1.29 is 23.8 Å². The summed E-state index contributed by atoms with van der Waals surface area (Å²) in [7, 11) is 0. The van der Waals surface area contributed by atoms with Gasteiger partial charge in [0.15, 0.2) is 11.3 Å². The molecule has 2 heterocycles. The van der Waals surface area contributed by atoms with Crippen molar-refractivity contribution in [2.24, 2.45) is 0 Å². The number of hydrogen-bond acceptors (Lipinski definition) is 7. The number of aryl methyl sites for hydroxylation is 3. The van der Waals surface area contributed by atoms with Crippen LogP contribution in [-0.2, 0) is 40.3 Å². The van der Waals surface area contributed by atoms with Gasteiger partial charge in [-0.2, -0.15) is 0 Å². The maximum Gasteiger partial charge on any atom is 0.357 e. The standard InChI is InChI=1S/C39H43N3O5/c1-7-15-30-23-28(20-21-32(30)46-35(29-18-13-10-14-19-29)38(44)47-39(4,5)6)24-42-33(8-2)41-34-26(3)22-31(40-36(34)42)37(43)45-25-27-16-11-9-12-17-27/h9-14,16-23,35H,7-8,15,24-25H2,1-6H3. The SMILES string of the molecule is CCCc1cc(Cn2c(CC)nc3c(C)cc(C(=O)OCc4ccccc4)nc32)ccc1OC(C(=O)OC(C)(C)C)c1ccccc1. The summed E-state index contributed by atoms with van der Waals surface area (Å²) in [4.78, 5) is 36.0. The Morgan fingerprint density at radius 1 is 0.872 bits per heavy atom. The first-order valence-electron chi connectivity index (χ1n) is 16.2. The van der Waals surface area contributed by atoms with E-state index in [4.69, 9.17) is 24.2 Å². The van der Waals surface area contributed by atoms with Crippen LogP contribution in [0.1, 0.15) is 91.3 Å². The second-order valence-electron chi connectivity index (χ2n) is 12.7. The Balaban J connectivity index is 1.45. The summed E-state index contributed by atoms with van der Waals surface area (Å²) >= 11 is 0. The van der Waals surface area contributed by atoms with Gasteiger partial charge in [0.05, 0.1) is 6.54 Å². The molecule has 0 N–H and O–H groups in total. The summed E-state index contributed by atoms with van der Waals surface area (Å²) in [5.74, 6) is 0.595. The topological polar surface area (TPSA) is 92.5 Å². The summed E-state index contributed by atoms with van der Waals surface area (Å²) < 4.78 is 19.9. The Morgan fingerprint density at radius 2 is 1.57 bits per heavy atom. The van der Waals surface area contributed by atoms with Crippen molar-refractivity contribution in [2.75, 3.05) is 0 Å². The first kappa shape index (κ1) is 33.4. The molecule has 3 aromatic carbocycles. The third kappa shape index (κ3) is 8.25. The summed E-state index contributed by atoms with van der Waals surface area (Å²) in [6, 6.07) is 26.8. The lowest BCUT2D eigenvalue weighted by Gasteiger charge is -2.25. The van der Waals surface area contributed by atoms with Crippen molar-refractivity contribution in [2.45, 2.75) is 85.7 Å². The number of rotatable bonds is 12. The van der Waals surface area contributed by atoms with Gasteiger partial charge in [0.25, 0.3) is 0 Å². The molecule has 0 aliphatic heterocycles. The molecule has 0 amide bonds. The number of esters is 2. The average molecular weight is 634 g/mol. The highest BCUT2D eigenvalue weighted by molar-refractivity contribution is 5.91. The number of fused-ring (bicyclic) bond motifs is 1. The summed E-state index contributed by atoms with van der Waals surface area (Å²) in [6.07, 6.45) is 1.44. The van der Waals surface area contributed by atoms with E-state index < -0.39 is 23.6 Å². The Bertz CT molecular complexity index is 1840.